The maximum atomic E-state index is 6.66. The van der Waals surface area contributed by atoms with Gasteiger partial charge in [-0.15, -0.1) is 0 Å². The fourth-order valence-electron chi connectivity index (χ4n) is 6.21. The Morgan fingerprint density at radius 3 is 1.64 bits per heavy atom. The zero-order valence-electron chi connectivity index (χ0n) is 21.3. The predicted octanol–water partition coefficient (Wildman–Crippen LogP) is 10.2. The number of fused-ring (bicyclic) bond motifs is 3. The van der Waals surface area contributed by atoms with Gasteiger partial charge in [0.05, 0.1) is 5.41 Å². The van der Waals surface area contributed by atoms with Crippen LogP contribution in [0.2, 0.25) is 5.02 Å². The number of rotatable bonds is 5. The van der Waals surface area contributed by atoms with Crippen molar-refractivity contribution in [2.24, 2.45) is 0 Å². The first-order valence-corrected chi connectivity index (χ1v) is 13.6. The highest BCUT2D eigenvalue weighted by molar-refractivity contribution is 6.30. The Bertz CT molecular complexity index is 1720. The number of anilines is 3. The summed E-state index contributed by atoms with van der Waals surface area (Å²) in [6.07, 6.45) is 0. The van der Waals surface area contributed by atoms with Crippen LogP contribution in [0, 0.1) is 0 Å². The Balaban J connectivity index is 1.56. The lowest BCUT2D eigenvalue weighted by atomic mass is 9.67. The Hall–Kier alpha value is -4.59. The van der Waals surface area contributed by atoms with Gasteiger partial charge in [0.2, 0.25) is 0 Å². The van der Waals surface area contributed by atoms with Gasteiger partial charge < -0.3 is 4.90 Å². The Morgan fingerprint density at radius 1 is 0.410 bits per heavy atom. The van der Waals surface area contributed by atoms with E-state index in [1.807, 2.05) is 6.07 Å². The van der Waals surface area contributed by atoms with Gasteiger partial charge in [-0.1, -0.05) is 121 Å². The molecule has 39 heavy (non-hydrogen) atoms. The molecule has 0 aromatic heterocycles. The highest BCUT2D eigenvalue weighted by Gasteiger charge is 2.46. The Labute approximate surface area is 234 Å². The van der Waals surface area contributed by atoms with E-state index in [1.165, 1.54) is 27.8 Å². The van der Waals surface area contributed by atoms with Crippen LogP contribution in [0.15, 0.2) is 158 Å². The maximum absolute atomic E-state index is 6.66. The van der Waals surface area contributed by atoms with Gasteiger partial charge in [0, 0.05) is 22.1 Å². The van der Waals surface area contributed by atoms with Crippen LogP contribution in [0.3, 0.4) is 0 Å². The molecule has 186 valence electrons. The second kappa shape index (κ2) is 9.62. The molecule has 0 fully saturated rings. The number of hydrogen-bond acceptors (Lipinski definition) is 1. The molecular weight excluding hydrogens is 494 g/mol. The average molecular weight is 520 g/mol. The number of benzene rings is 6. The molecule has 0 saturated carbocycles. The smallest absolute Gasteiger partial charge is 0.0714 e. The quantitative estimate of drug-likeness (QED) is 0.218. The summed E-state index contributed by atoms with van der Waals surface area (Å²) in [5.74, 6) is 0. The van der Waals surface area contributed by atoms with E-state index in [-0.39, 0.29) is 0 Å². The SMILES string of the molecule is Clc1cccc(C2(c3ccccc3)c3ccccc3-c3ccc(N(c4ccccc4)c4ccccc4)cc32)c1. The summed E-state index contributed by atoms with van der Waals surface area (Å²) in [5.41, 5.74) is 10.3. The summed E-state index contributed by atoms with van der Waals surface area (Å²) < 4.78 is 0. The fourth-order valence-corrected chi connectivity index (χ4v) is 6.40. The van der Waals surface area contributed by atoms with E-state index in [9.17, 15) is 0 Å². The Kier molecular flexibility index (Phi) is 5.80. The summed E-state index contributed by atoms with van der Waals surface area (Å²) in [7, 11) is 0. The summed E-state index contributed by atoms with van der Waals surface area (Å²) >= 11 is 6.66. The fraction of sp³-hybridized carbons (Fsp3) is 0.0270. The number of halogens is 1. The van der Waals surface area contributed by atoms with Crippen molar-refractivity contribution < 1.29 is 0 Å². The third kappa shape index (κ3) is 3.78. The minimum Gasteiger partial charge on any atom is -0.310 e. The van der Waals surface area contributed by atoms with Gasteiger partial charge in [0.1, 0.15) is 0 Å². The topological polar surface area (TPSA) is 3.24 Å². The van der Waals surface area contributed by atoms with Crippen LogP contribution in [-0.2, 0) is 5.41 Å². The maximum Gasteiger partial charge on any atom is 0.0714 e. The van der Waals surface area contributed by atoms with Gasteiger partial charge in [-0.05, 0) is 81.9 Å². The van der Waals surface area contributed by atoms with Crippen molar-refractivity contribution in [3.8, 4) is 11.1 Å². The van der Waals surface area contributed by atoms with Crippen molar-refractivity contribution in [3.63, 3.8) is 0 Å². The molecule has 6 aromatic carbocycles. The van der Waals surface area contributed by atoms with Crippen LogP contribution in [0.1, 0.15) is 22.3 Å². The lowest BCUT2D eigenvalue weighted by Gasteiger charge is -2.35. The highest BCUT2D eigenvalue weighted by atomic mass is 35.5. The lowest BCUT2D eigenvalue weighted by Crippen LogP contribution is -2.28. The molecule has 1 atom stereocenters. The van der Waals surface area contributed by atoms with Gasteiger partial charge in [-0.3, -0.25) is 0 Å². The second-order valence-corrected chi connectivity index (χ2v) is 10.3. The van der Waals surface area contributed by atoms with Gasteiger partial charge in [-0.25, -0.2) is 0 Å². The van der Waals surface area contributed by atoms with Gasteiger partial charge in [0.15, 0.2) is 0 Å². The largest absolute Gasteiger partial charge is 0.310 e. The van der Waals surface area contributed by atoms with Crippen LogP contribution in [0.4, 0.5) is 17.1 Å². The molecule has 6 aromatic rings. The first-order chi connectivity index (χ1) is 19.3. The molecule has 0 heterocycles. The predicted molar refractivity (Wildman–Crippen MR) is 163 cm³/mol. The molecule has 0 spiro atoms. The zero-order chi connectivity index (χ0) is 26.2. The molecular formula is C37H26ClN. The van der Waals surface area contributed by atoms with Crippen molar-refractivity contribution in [1.82, 2.24) is 0 Å². The van der Waals surface area contributed by atoms with Crippen LogP contribution in [0.25, 0.3) is 11.1 Å². The second-order valence-electron chi connectivity index (χ2n) is 9.91. The molecule has 0 N–H and O–H groups in total. The molecule has 1 aliphatic rings. The number of nitrogens with zero attached hydrogens (tertiary/aromatic N) is 1. The van der Waals surface area contributed by atoms with Crippen molar-refractivity contribution >= 4 is 28.7 Å². The highest BCUT2D eigenvalue weighted by Crippen LogP contribution is 2.57. The van der Waals surface area contributed by atoms with E-state index < -0.39 is 5.41 Å². The van der Waals surface area contributed by atoms with Gasteiger partial charge >= 0.3 is 0 Å². The van der Waals surface area contributed by atoms with Crippen LogP contribution in [0.5, 0.6) is 0 Å². The van der Waals surface area contributed by atoms with E-state index in [0.717, 1.165) is 27.6 Å². The monoisotopic (exact) mass is 519 g/mol. The van der Waals surface area contributed by atoms with Crippen molar-refractivity contribution in [2.45, 2.75) is 5.41 Å². The normalized spacial score (nSPS) is 15.4. The average Bonchev–Trinajstić information content (AvgIpc) is 3.29. The first-order valence-electron chi connectivity index (χ1n) is 13.2. The van der Waals surface area contributed by atoms with Crippen molar-refractivity contribution in [1.29, 1.82) is 0 Å². The third-order valence-electron chi connectivity index (χ3n) is 7.78. The Morgan fingerprint density at radius 2 is 0.974 bits per heavy atom. The van der Waals surface area contributed by atoms with Gasteiger partial charge in [0.25, 0.3) is 0 Å². The first kappa shape index (κ1) is 23.5. The molecule has 1 nitrogen and oxygen atoms in total. The summed E-state index contributed by atoms with van der Waals surface area (Å²) in [6.45, 7) is 0. The van der Waals surface area contributed by atoms with Crippen LogP contribution >= 0.6 is 11.6 Å². The number of hydrogen-bond donors (Lipinski definition) is 0. The molecule has 0 saturated heterocycles. The third-order valence-corrected chi connectivity index (χ3v) is 8.01. The molecule has 0 radical (unpaired) electrons. The molecule has 7 rings (SSSR count). The van der Waals surface area contributed by atoms with E-state index in [0.29, 0.717) is 0 Å². The molecule has 1 aliphatic carbocycles. The summed E-state index contributed by atoms with van der Waals surface area (Å²) in [5, 5.41) is 0.736. The van der Waals surface area contributed by atoms with E-state index in [4.69, 9.17) is 11.6 Å². The van der Waals surface area contributed by atoms with Crippen LogP contribution < -0.4 is 4.90 Å². The summed E-state index contributed by atoms with van der Waals surface area (Å²) in [4.78, 5) is 2.33. The van der Waals surface area contributed by atoms with Crippen molar-refractivity contribution in [3.05, 3.63) is 185 Å². The molecule has 0 amide bonds. The standard InChI is InChI=1S/C37H26ClN/c38-29-16-12-15-28(25-29)37(27-13-4-1-5-14-27)35-22-11-10-21-33(35)34-24-23-32(26-36(34)37)39(30-17-6-2-7-18-30)31-19-8-3-9-20-31/h1-26H. The lowest BCUT2D eigenvalue weighted by molar-refractivity contribution is 0.768. The van der Waals surface area contributed by atoms with E-state index in [2.05, 4.69) is 157 Å². The molecule has 0 aliphatic heterocycles. The molecule has 2 heteroatoms. The van der Waals surface area contributed by atoms with Crippen molar-refractivity contribution in [2.75, 3.05) is 4.90 Å². The van der Waals surface area contributed by atoms with E-state index >= 15 is 0 Å². The minimum atomic E-state index is -0.507. The molecule has 0 bridgehead atoms. The zero-order valence-corrected chi connectivity index (χ0v) is 22.1. The number of para-hydroxylation sites is 2. The summed E-state index contributed by atoms with van der Waals surface area (Å²) in [6, 6.07) is 56.0. The molecule has 1 unspecified atom stereocenters. The van der Waals surface area contributed by atoms with Gasteiger partial charge in [-0.2, -0.15) is 0 Å². The van der Waals surface area contributed by atoms with Crippen LogP contribution in [-0.4, -0.2) is 0 Å². The minimum absolute atomic E-state index is 0.507. The van der Waals surface area contributed by atoms with E-state index in [1.54, 1.807) is 0 Å².